The zero-order valence-electron chi connectivity index (χ0n) is 10.2. The van der Waals surface area contributed by atoms with Gasteiger partial charge in [-0.3, -0.25) is 0 Å². The molecule has 0 amide bonds. The van der Waals surface area contributed by atoms with Crippen molar-refractivity contribution in [2.24, 2.45) is 5.73 Å². The van der Waals surface area contributed by atoms with E-state index < -0.39 is 5.82 Å². The van der Waals surface area contributed by atoms with Crippen molar-refractivity contribution in [3.05, 3.63) is 62.8 Å². The van der Waals surface area contributed by atoms with E-state index in [1.165, 1.54) is 12.1 Å². The van der Waals surface area contributed by atoms with Crippen LogP contribution in [0.4, 0.5) is 4.39 Å². The van der Waals surface area contributed by atoms with Crippen molar-refractivity contribution in [2.75, 3.05) is 0 Å². The summed E-state index contributed by atoms with van der Waals surface area (Å²) in [6.45, 7) is 0.202. The van der Waals surface area contributed by atoms with Crippen LogP contribution in [-0.2, 0) is 6.61 Å². The Labute approximate surface area is 134 Å². The van der Waals surface area contributed by atoms with Crippen LogP contribution in [0.3, 0.4) is 0 Å². The molecule has 0 radical (unpaired) electrons. The number of hydrogen-bond donors (Lipinski definition) is 1. The number of hydrogen-bond acceptors (Lipinski definition) is 2. The van der Waals surface area contributed by atoms with Gasteiger partial charge in [-0.2, -0.15) is 0 Å². The Kier molecular flexibility index (Phi) is 4.96. The minimum Gasteiger partial charge on any atom is -0.488 e. The fraction of sp³-hybridized carbons (Fsp3) is 0.0714. The molecule has 2 aromatic rings. The van der Waals surface area contributed by atoms with Gasteiger partial charge in [0.15, 0.2) is 0 Å². The molecule has 2 nitrogen and oxygen atoms in total. The Hall–Kier alpha value is -1.17. The molecule has 2 N–H and O–H groups in total. The van der Waals surface area contributed by atoms with E-state index in [1.807, 2.05) is 0 Å². The van der Waals surface area contributed by atoms with E-state index >= 15 is 0 Å². The standard InChI is InChI=1S/C14H10BrClFNOS/c15-12-6-10(16)1-2-13(12)19-7-8-3-9(14(18)20)5-11(17)4-8/h1-6H,7H2,(H2,18,20). The molecular formula is C14H10BrClFNOS. The van der Waals surface area contributed by atoms with Gasteiger partial charge in [0, 0.05) is 10.6 Å². The molecule has 0 aliphatic heterocycles. The van der Waals surface area contributed by atoms with Crippen LogP contribution in [0.5, 0.6) is 5.75 Å². The predicted molar refractivity (Wildman–Crippen MR) is 85.8 cm³/mol. The number of nitrogens with two attached hydrogens (primary N) is 1. The van der Waals surface area contributed by atoms with Crippen LogP contribution < -0.4 is 10.5 Å². The Morgan fingerprint density at radius 2 is 2.05 bits per heavy atom. The molecule has 20 heavy (non-hydrogen) atoms. The smallest absolute Gasteiger partial charge is 0.134 e. The molecule has 0 heterocycles. The van der Waals surface area contributed by atoms with Gasteiger partial charge in [0.05, 0.1) is 4.47 Å². The Balaban J connectivity index is 2.16. The molecule has 2 aromatic carbocycles. The summed E-state index contributed by atoms with van der Waals surface area (Å²) in [4.78, 5) is 0.151. The monoisotopic (exact) mass is 373 g/mol. The quantitative estimate of drug-likeness (QED) is 0.803. The molecule has 6 heteroatoms. The van der Waals surface area contributed by atoms with Crippen LogP contribution in [0.1, 0.15) is 11.1 Å². The lowest BCUT2D eigenvalue weighted by atomic mass is 10.1. The molecule has 2 rings (SSSR count). The summed E-state index contributed by atoms with van der Waals surface area (Å²) in [5.41, 5.74) is 6.63. The fourth-order valence-corrected chi connectivity index (χ4v) is 2.54. The molecule has 0 unspecified atom stereocenters. The molecule has 0 aliphatic carbocycles. The van der Waals surface area contributed by atoms with Gasteiger partial charge in [0.2, 0.25) is 0 Å². The lowest BCUT2D eigenvalue weighted by Crippen LogP contribution is -2.10. The summed E-state index contributed by atoms with van der Waals surface area (Å²) in [7, 11) is 0. The van der Waals surface area contributed by atoms with Crippen molar-refractivity contribution in [3.63, 3.8) is 0 Å². The van der Waals surface area contributed by atoms with Gasteiger partial charge >= 0.3 is 0 Å². The third-order valence-corrected chi connectivity index (χ3v) is 3.62. The number of benzene rings is 2. The van der Waals surface area contributed by atoms with Crippen molar-refractivity contribution in [3.8, 4) is 5.75 Å². The van der Waals surface area contributed by atoms with Crippen molar-refractivity contribution in [2.45, 2.75) is 6.61 Å². The highest BCUT2D eigenvalue weighted by molar-refractivity contribution is 9.10. The van der Waals surface area contributed by atoms with Crippen LogP contribution in [0.2, 0.25) is 5.02 Å². The molecule has 0 saturated heterocycles. The van der Waals surface area contributed by atoms with Gasteiger partial charge < -0.3 is 10.5 Å². The van der Waals surface area contributed by atoms with Gasteiger partial charge in [-0.1, -0.05) is 23.8 Å². The van der Waals surface area contributed by atoms with Crippen molar-refractivity contribution in [1.82, 2.24) is 0 Å². The summed E-state index contributed by atoms with van der Waals surface area (Å²) in [5, 5.41) is 0.603. The molecule has 0 aliphatic rings. The van der Waals surface area contributed by atoms with Crippen LogP contribution in [0.25, 0.3) is 0 Å². The third kappa shape index (κ3) is 3.91. The minimum absolute atomic E-state index is 0.151. The van der Waals surface area contributed by atoms with Gasteiger partial charge in [-0.05, 0) is 57.9 Å². The lowest BCUT2D eigenvalue weighted by Gasteiger charge is -2.10. The predicted octanol–water partition coefficient (Wildman–Crippen LogP) is 4.45. The second-order valence-corrected chi connectivity index (χ2v) is 5.81. The fourth-order valence-electron chi connectivity index (χ4n) is 1.63. The van der Waals surface area contributed by atoms with Gasteiger partial charge in [-0.25, -0.2) is 4.39 Å². The van der Waals surface area contributed by atoms with Gasteiger partial charge in [0.25, 0.3) is 0 Å². The van der Waals surface area contributed by atoms with E-state index in [2.05, 4.69) is 15.9 Å². The summed E-state index contributed by atoms with van der Waals surface area (Å²) in [6, 6.07) is 9.56. The van der Waals surface area contributed by atoms with Gasteiger partial charge in [0.1, 0.15) is 23.2 Å². The highest BCUT2D eigenvalue weighted by atomic mass is 79.9. The summed E-state index contributed by atoms with van der Waals surface area (Å²) in [6.07, 6.45) is 0. The van der Waals surface area contributed by atoms with Crippen LogP contribution in [0, 0.1) is 5.82 Å². The zero-order valence-corrected chi connectivity index (χ0v) is 13.4. The maximum atomic E-state index is 13.4. The summed E-state index contributed by atoms with van der Waals surface area (Å²) in [5.74, 6) is 0.222. The molecule has 0 fully saturated rings. The van der Waals surface area contributed by atoms with Crippen molar-refractivity contribution in [1.29, 1.82) is 0 Å². The van der Waals surface area contributed by atoms with Crippen molar-refractivity contribution >= 4 is 44.7 Å². The van der Waals surface area contributed by atoms with E-state index in [4.69, 9.17) is 34.3 Å². The number of ether oxygens (including phenoxy) is 1. The zero-order chi connectivity index (χ0) is 14.7. The Morgan fingerprint density at radius 3 is 2.70 bits per heavy atom. The first-order chi connectivity index (χ1) is 9.45. The lowest BCUT2D eigenvalue weighted by molar-refractivity contribution is 0.303. The van der Waals surface area contributed by atoms with E-state index in [0.717, 1.165) is 4.47 Å². The summed E-state index contributed by atoms with van der Waals surface area (Å²) < 4.78 is 19.8. The van der Waals surface area contributed by atoms with E-state index in [0.29, 0.717) is 21.9 Å². The maximum Gasteiger partial charge on any atom is 0.134 e. The first-order valence-corrected chi connectivity index (χ1v) is 7.21. The molecule has 0 atom stereocenters. The maximum absolute atomic E-state index is 13.4. The molecular weight excluding hydrogens is 365 g/mol. The highest BCUT2D eigenvalue weighted by Crippen LogP contribution is 2.28. The Bertz CT molecular complexity index is 666. The average Bonchev–Trinajstić information content (AvgIpc) is 2.37. The Morgan fingerprint density at radius 1 is 1.30 bits per heavy atom. The van der Waals surface area contributed by atoms with Crippen LogP contribution in [-0.4, -0.2) is 4.99 Å². The molecule has 0 spiro atoms. The number of rotatable bonds is 4. The van der Waals surface area contributed by atoms with Crippen LogP contribution in [0.15, 0.2) is 40.9 Å². The molecule has 0 saturated carbocycles. The normalized spacial score (nSPS) is 10.3. The first kappa shape index (κ1) is 15.2. The van der Waals surface area contributed by atoms with Crippen molar-refractivity contribution < 1.29 is 9.13 Å². The minimum atomic E-state index is -0.399. The largest absolute Gasteiger partial charge is 0.488 e. The summed E-state index contributed by atoms with van der Waals surface area (Å²) >= 11 is 14.0. The second-order valence-electron chi connectivity index (χ2n) is 4.08. The molecule has 104 valence electrons. The molecule has 0 aromatic heterocycles. The first-order valence-electron chi connectivity index (χ1n) is 5.63. The number of thiocarbonyl (C=S) groups is 1. The van der Waals surface area contributed by atoms with Gasteiger partial charge in [-0.15, -0.1) is 0 Å². The van der Waals surface area contributed by atoms with E-state index in [1.54, 1.807) is 24.3 Å². The number of halogens is 3. The average molecular weight is 375 g/mol. The van der Waals surface area contributed by atoms with E-state index in [-0.39, 0.29) is 11.6 Å². The van der Waals surface area contributed by atoms with E-state index in [9.17, 15) is 4.39 Å². The third-order valence-electron chi connectivity index (χ3n) is 2.53. The second kappa shape index (κ2) is 6.52. The van der Waals surface area contributed by atoms with Crippen LogP contribution >= 0.6 is 39.7 Å². The SMILES string of the molecule is NC(=S)c1cc(F)cc(COc2ccc(Cl)cc2Br)c1. The highest BCUT2D eigenvalue weighted by Gasteiger charge is 2.06. The molecule has 0 bridgehead atoms. The topological polar surface area (TPSA) is 35.2 Å².